The lowest BCUT2D eigenvalue weighted by Gasteiger charge is -2.28. The van der Waals surface area contributed by atoms with Crippen molar-refractivity contribution < 1.29 is 14.3 Å². The van der Waals surface area contributed by atoms with E-state index >= 15 is 0 Å². The van der Waals surface area contributed by atoms with Gasteiger partial charge in [0.15, 0.2) is 6.23 Å². The fraction of sp³-hybridized carbons (Fsp3) is 0.412. The standard InChI is InChI=1S/C17H20N2O3/c1-12(2)14-9-19(16(20)21-3)11-17(14)10-18-15(22-17)13-7-5-4-6-8-13/h4-8,10,14-15H,1,9,11H2,2-3H3/t14-,15+,17+/m0/s1. The van der Waals surface area contributed by atoms with Gasteiger partial charge in [-0.2, -0.15) is 0 Å². The molecule has 3 rings (SSSR count). The van der Waals surface area contributed by atoms with Crippen molar-refractivity contribution in [1.82, 2.24) is 4.90 Å². The number of hydrogen-bond acceptors (Lipinski definition) is 4. The van der Waals surface area contributed by atoms with Crippen LogP contribution in [0.1, 0.15) is 18.7 Å². The quantitative estimate of drug-likeness (QED) is 0.789. The van der Waals surface area contributed by atoms with Crippen LogP contribution in [0.3, 0.4) is 0 Å². The first-order valence-electron chi connectivity index (χ1n) is 7.31. The maximum atomic E-state index is 11.8. The zero-order valence-corrected chi connectivity index (χ0v) is 12.9. The largest absolute Gasteiger partial charge is 0.453 e. The second kappa shape index (κ2) is 5.57. The molecular weight excluding hydrogens is 280 g/mol. The highest BCUT2D eigenvalue weighted by molar-refractivity contribution is 5.77. The fourth-order valence-electron chi connectivity index (χ4n) is 3.17. The molecule has 1 fully saturated rings. The smallest absolute Gasteiger partial charge is 0.409 e. The summed E-state index contributed by atoms with van der Waals surface area (Å²) >= 11 is 0. The molecule has 2 aliphatic heterocycles. The first-order chi connectivity index (χ1) is 10.6. The highest BCUT2D eigenvalue weighted by atomic mass is 16.6. The predicted molar refractivity (Wildman–Crippen MR) is 83.8 cm³/mol. The zero-order valence-electron chi connectivity index (χ0n) is 12.9. The Bertz CT molecular complexity index is 614. The van der Waals surface area contributed by atoms with E-state index in [0.29, 0.717) is 13.1 Å². The molecule has 1 saturated heterocycles. The first kappa shape index (κ1) is 14.8. The number of carbonyl (C=O) groups excluding carboxylic acids is 1. The first-order valence-corrected chi connectivity index (χ1v) is 7.31. The van der Waals surface area contributed by atoms with Gasteiger partial charge in [0.05, 0.1) is 13.7 Å². The third-order valence-corrected chi connectivity index (χ3v) is 4.30. The van der Waals surface area contributed by atoms with E-state index in [-0.39, 0.29) is 18.2 Å². The van der Waals surface area contributed by atoms with Gasteiger partial charge >= 0.3 is 6.09 Å². The lowest BCUT2D eigenvalue weighted by atomic mass is 9.87. The van der Waals surface area contributed by atoms with E-state index < -0.39 is 5.60 Å². The number of aliphatic imine (C=N–C) groups is 1. The van der Waals surface area contributed by atoms with Gasteiger partial charge in [-0.3, -0.25) is 4.99 Å². The maximum Gasteiger partial charge on any atom is 0.409 e. The third-order valence-electron chi connectivity index (χ3n) is 4.30. The number of amides is 1. The number of methoxy groups -OCH3 is 1. The van der Waals surface area contributed by atoms with Gasteiger partial charge in [-0.15, -0.1) is 0 Å². The van der Waals surface area contributed by atoms with Crippen LogP contribution >= 0.6 is 0 Å². The van der Waals surface area contributed by atoms with Gasteiger partial charge in [0.2, 0.25) is 0 Å². The van der Waals surface area contributed by atoms with Gasteiger partial charge in [-0.25, -0.2) is 4.79 Å². The second-order valence-electron chi connectivity index (χ2n) is 5.86. The summed E-state index contributed by atoms with van der Waals surface area (Å²) in [6.07, 6.45) is 1.16. The highest BCUT2D eigenvalue weighted by Crippen LogP contribution is 2.42. The molecule has 0 radical (unpaired) electrons. The number of ether oxygens (including phenoxy) is 2. The summed E-state index contributed by atoms with van der Waals surface area (Å²) in [5, 5.41) is 0. The fourth-order valence-corrected chi connectivity index (χ4v) is 3.17. The molecule has 0 aliphatic carbocycles. The van der Waals surface area contributed by atoms with Crippen molar-refractivity contribution in [2.75, 3.05) is 20.2 Å². The average Bonchev–Trinajstić information content (AvgIpc) is 3.13. The van der Waals surface area contributed by atoms with Crippen LogP contribution < -0.4 is 0 Å². The van der Waals surface area contributed by atoms with Crippen molar-refractivity contribution >= 4 is 12.3 Å². The van der Waals surface area contributed by atoms with Crippen molar-refractivity contribution in [1.29, 1.82) is 0 Å². The summed E-state index contributed by atoms with van der Waals surface area (Å²) in [5.74, 6) is 0.0177. The minimum atomic E-state index is -0.611. The number of likely N-dealkylation sites (tertiary alicyclic amines) is 1. The Morgan fingerprint density at radius 2 is 2.18 bits per heavy atom. The van der Waals surface area contributed by atoms with Crippen LogP contribution in [0.2, 0.25) is 0 Å². The molecule has 1 amide bonds. The van der Waals surface area contributed by atoms with E-state index in [0.717, 1.165) is 11.1 Å². The van der Waals surface area contributed by atoms with E-state index in [9.17, 15) is 4.79 Å². The Morgan fingerprint density at radius 1 is 1.45 bits per heavy atom. The molecule has 0 bridgehead atoms. The lowest BCUT2D eigenvalue weighted by molar-refractivity contribution is -0.0337. The number of carbonyl (C=O) groups is 1. The monoisotopic (exact) mass is 300 g/mol. The minimum absolute atomic E-state index is 0.0177. The molecule has 0 saturated carbocycles. The number of benzene rings is 1. The Labute approximate surface area is 130 Å². The van der Waals surface area contributed by atoms with Crippen LogP contribution in [0.15, 0.2) is 47.5 Å². The molecule has 0 unspecified atom stereocenters. The van der Waals surface area contributed by atoms with Crippen LogP contribution in [0.5, 0.6) is 0 Å². The van der Waals surface area contributed by atoms with Crippen LogP contribution in [-0.2, 0) is 9.47 Å². The van der Waals surface area contributed by atoms with Crippen molar-refractivity contribution in [2.45, 2.75) is 18.8 Å². The average molecular weight is 300 g/mol. The van der Waals surface area contributed by atoms with Crippen LogP contribution in [0, 0.1) is 5.92 Å². The Balaban J connectivity index is 1.85. The van der Waals surface area contributed by atoms with Gasteiger partial charge in [0.25, 0.3) is 0 Å². The normalized spacial score (nSPS) is 30.0. The second-order valence-corrected chi connectivity index (χ2v) is 5.86. The molecule has 116 valence electrons. The van der Waals surface area contributed by atoms with Gasteiger partial charge in [-0.1, -0.05) is 42.5 Å². The lowest BCUT2D eigenvalue weighted by Crippen LogP contribution is -2.41. The number of rotatable bonds is 2. The highest BCUT2D eigenvalue weighted by Gasteiger charge is 2.52. The van der Waals surface area contributed by atoms with Crippen molar-refractivity contribution in [3.05, 3.63) is 48.0 Å². The molecule has 5 heteroatoms. The summed E-state index contributed by atoms with van der Waals surface area (Å²) in [6, 6.07) is 9.87. The maximum absolute atomic E-state index is 11.8. The molecule has 2 aliphatic rings. The summed E-state index contributed by atoms with van der Waals surface area (Å²) in [4.78, 5) is 18.0. The molecule has 0 aromatic heterocycles. The van der Waals surface area contributed by atoms with Crippen molar-refractivity contribution in [2.24, 2.45) is 10.9 Å². The van der Waals surface area contributed by atoms with E-state index in [1.54, 1.807) is 4.90 Å². The topological polar surface area (TPSA) is 51.1 Å². The van der Waals surface area contributed by atoms with Gasteiger partial charge in [0.1, 0.15) is 5.60 Å². The molecule has 2 heterocycles. The van der Waals surface area contributed by atoms with Crippen molar-refractivity contribution in [3.8, 4) is 0 Å². The molecule has 5 nitrogen and oxygen atoms in total. The SMILES string of the molecule is C=C(C)[C@@H]1CN(C(=O)OC)C[C@]12C=N[C@@H](c1ccccc1)O2. The number of hydrogen-bond donors (Lipinski definition) is 0. The van der Waals surface area contributed by atoms with Gasteiger partial charge in [0, 0.05) is 24.2 Å². The molecule has 22 heavy (non-hydrogen) atoms. The Morgan fingerprint density at radius 3 is 2.82 bits per heavy atom. The number of nitrogens with zero attached hydrogens (tertiary/aromatic N) is 2. The van der Waals surface area contributed by atoms with Crippen LogP contribution in [0.4, 0.5) is 4.79 Å². The van der Waals surface area contributed by atoms with Crippen LogP contribution in [-0.4, -0.2) is 43.0 Å². The van der Waals surface area contributed by atoms with E-state index in [2.05, 4.69) is 11.6 Å². The molecule has 3 atom stereocenters. The Hall–Kier alpha value is -2.14. The van der Waals surface area contributed by atoms with Gasteiger partial charge in [-0.05, 0) is 6.92 Å². The Kier molecular flexibility index (Phi) is 3.74. The summed E-state index contributed by atoms with van der Waals surface area (Å²) in [6.45, 7) is 6.98. The minimum Gasteiger partial charge on any atom is -0.453 e. The molecule has 1 aromatic carbocycles. The van der Waals surface area contributed by atoms with E-state index in [1.165, 1.54) is 7.11 Å². The van der Waals surface area contributed by atoms with Crippen LogP contribution in [0.25, 0.3) is 0 Å². The third kappa shape index (κ3) is 2.41. The molecule has 1 spiro atoms. The predicted octanol–water partition coefficient (Wildman–Crippen LogP) is 2.80. The summed E-state index contributed by atoms with van der Waals surface area (Å²) < 4.78 is 11.1. The molecule has 1 aromatic rings. The molecule has 0 N–H and O–H groups in total. The summed E-state index contributed by atoms with van der Waals surface area (Å²) in [5.41, 5.74) is 1.37. The summed E-state index contributed by atoms with van der Waals surface area (Å²) in [7, 11) is 1.39. The zero-order chi connectivity index (χ0) is 15.7. The molecular formula is C17H20N2O3. The van der Waals surface area contributed by atoms with E-state index in [1.807, 2.05) is 43.5 Å². The van der Waals surface area contributed by atoms with Crippen molar-refractivity contribution in [3.63, 3.8) is 0 Å². The van der Waals surface area contributed by atoms with Gasteiger partial charge < -0.3 is 14.4 Å². The van der Waals surface area contributed by atoms with E-state index in [4.69, 9.17) is 9.47 Å².